The monoisotopic (exact) mass is 497 g/mol. The Labute approximate surface area is 214 Å². The SMILES string of the molecule is COCCO[C@@H]1C[C@H](c2ccccc2)OC2(CCN(C(=O)c3ccc(OC(C)C)c(OC)c3)CC2)C1. The van der Waals surface area contributed by atoms with Crippen LogP contribution in [0.5, 0.6) is 11.5 Å². The lowest BCUT2D eigenvalue weighted by Crippen LogP contribution is -2.52. The maximum absolute atomic E-state index is 13.3. The molecule has 2 aliphatic rings. The van der Waals surface area contributed by atoms with Crippen LogP contribution in [0, 0.1) is 0 Å². The van der Waals surface area contributed by atoms with Crippen LogP contribution in [-0.2, 0) is 14.2 Å². The zero-order valence-electron chi connectivity index (χ0n) is 21.9. The number of carbonyl (C=O) groups is 1. The van der Waals surface area contributed by atoms with Crippen molar-refractivity contribution in [2.24, 2.45) is 0 Å². The summed E-state index contributed by atoms with van der Waals surface area (Å²) in [5.74, 6) is 1.21. The summed E-state index contributed by atoms with van der Waals surface area (Å²) < 4.78 is 29.4. The van der Waals surface area contributed by atoms with Crippen molar-refractivity contribution in [2.45, 2.75) is 63.4 Å². The van der Waals surface area contributed by atoms with Crippen LogP contribution < -0.4 is 9.47 Å². The Bertz CT molecular complexity index is 987. The standard InChI is InChI=1S/C29H39NO6/c1-21(2)35-25-11-10-23(18-27(25)33-4)28(31)30-14-12-29(13-15-30)20-24(34-17-16-32-3)19-26(36-29)22-8-6-5-7-9-22/h5-11,18,21,24,26H,12-17,19-20H2,1-4H3/t24-,26-/m1/s1. The van der Waals surface area contributed by atoms with E-state index in [0.29, 0.717) is 43.4 Å². The first-order valence-corrected chi connectivity index (χ1v) is 12.9. The molecule has 196 valence electrons. The number of nitrogens with zero attached hydrogens (tertiary/aromatic N) is 1. The molecule has 0 bridgehead atoms. The quantitative estimate of drug-likeness (QED) is 0.452. The molecule has 2 heterocycles. The first-order chi connectivity index (χ1) is 17.4. The highest BCUT2D eigenvalue weighted by atomic mass is 16.5. The summed E-state index contributed by atoms with van der Waals surface area (Å²) in [5, 5.41) is 0. The highest BCUT2D eigenvalue weighted by Gasteiger charge is 2.45. The van der Waals surface area contributed by atoms with Crippen molar-refractivity contribution < 1.29 is 28.5 Å². The van der Waals surface area contributed by atoms with Crippen LogP contribution in [0.4, 0.5) is 0 Å². The highest BCUT2D eigenvalue weighted by Crippen LogP contribution is 2.44. The predicted octanol–water partition coefficient (Wildman–Crippen LogP) is 5.04. The van der Waals surface area contributed by atoms with Gasteiger partial charge in [-0.25, -0.2) is 0 Å². The zero-order valence-corrected chi connectivity index (χ0v) is 21.9. The van der Waals surface area contributed by atoms with Crippen molar-refractivity contribution in [3.63, 3.8) is 0 Å². The summed E-state index contributed by atoms with van der Waals surface area (Å²) in [7, 11) is 3.28. The van der Waals surface area contributed by atoms with Gasteiger partial charge in [0.2, 0.25) is 0 Å². The molecular formula is C29H39NO6. The largest absolute Gasteiger partial charge is 0.493 e. The minimum atomic E-state index is -0.306. The average molecular weight is 498 g/mol. The van der Waals surface area contributed by atoms with Gasteiger partial charge >= 0.3 is 0 Å². The molecule has 2 saturated heterocycles. The number of rotatable bonds is 9. The molecular weight excluding hydrogens is 458 g/mol. The number of amides is 1. The van der Waals surface area contributed by atoms with Crippen LogP contribution >= 0.6 is 0 Å². The van der Waals surface area contributed by atoms with Crippen molar-refractivity contribution in [1.82, 2.24) is 4.90 Å². The van der Waals surface area contributed by atoms with Gasteiger partial charge in [-0.05, 0) is 50.5 Å². The van der Waals surface area contributed by atoms with Gasteiger partial charge < -0.3 is 28.6 Å². The maximum atomic E-state index is 13.3. The minimum absolute atomic E-state index is 0.00237. The average Bonchev–Trinajstić information content (AvgIpc) is 2.89. The Morgan fingerprint density at radius 2 is 1.81 bits per heavy atom. The Morgan fingerprint density at radius 3 is 2.47 bits per heavy atom. The van der Waals surface area contributed by atoms with E-state index in [1.54, 1.807) is 20.3 Å². The lowest BCUT2D eigenvalue weighted by molar-refractivity contribution is -0.192. The number of methoxy groups -OCH3 is 2. The van der Waals surface area contributed by atoms with Crippen LogP contribution in [0.2, 0.25) is 0 Å². The van der Waals surface area contributed by atoms with Gasteiger partial charge in [-0.2, -0.15) is 0 Å². The Kier molecular flexibility index (Phi) is 8.88. The molecule has 7 heteroatoms. The topological polar surface area (TPSA) is 66.5 Å². The number of hydrogen-bond donors (Lipinski definition) is 0. The van der Waals surface area contributed by atoms with E-state index >= 15 is 0 Å². The summed E-state index contributed by atoms with van der Waals surface area (Å²) in [6.45, 7) is 6.35. The summed E-state index contributed by atoms with van der Waals surface area (Å²) in [6, 6.07) is 15.8. The molecule has 2 aromatic carbocycles. The van der Waals surface area contributed by atoms with E-state index in [0.717, 1.165) is 25.7 Å². The lowest BCUT2D eigenvalue weighted by Gasteiger charge is -2.49. The molecule has 36 heavy (non-hydrogen) atoms. The number of hydrogen-bond acceptors (Lipinski definition) is 6. The van der Waals surface area contributed by atoms with Crippen molar-refractivity contribution >= 4 is 5.91 Å². The second kappa shape index (κ2) is 12.1. The van der Waals surface area contributed by atoms with E-state index in [1.807, 2.05) is 49.1 Å². The van der Waals surface area contributed by atoms with E-state index in [2.05, 4.69) is 12.1 Å². The number of likely N-dealkylation sites (tertiary alicyclic amines) is 1. The lowest BCUT2D eigenvalue weighted by atomic mass is 9.80. The molecule has 2 aliphatic heterocycles. The number of piperidine rings is 1. The van der Waals surface area contributed by atoms with Gasteiger partial charge in [0.05, 0.1) is 44.2 Å². The Hall–Kier alpha value is -2.61. The minimum Gasteiger partial charge on any atom is -0.493 e. The van der Waals surface area contributed by atoms with Crippen molar-refractivity contribution in [1.29, 1.82) is 0 Å². The van der Waals surface area contributed by atoms with Gasteiger partial charge in [-0.3, -0.25) is 4.79 Å². The fraction of sp³-hybridized carbons (Fsp3) is 0.552. The fourth-order valence-corrected chi connectivity index (χ4v) is 5.21. The van der Waals surface area contributed by atoms with E-state index < -0.39 is 0 Å². The Morgan fingerprint density at radius 1 is 1.06 bits per heavy atom. The van der Waals surface area contributed by atoms with E-state index in [9.17, 15) is 4.79 Å². The molecule has 7 nitrogen and oxygen atoms in total. The smallest absolute Gasteiger partial charge is 0.253 e. The van der Waals surface area contributed by atoms with Crippen LogP contribution in [0.1, 0.15) is 61.6 Å². The van der Waals surface area contributed by atoms with Crippen molar-refractivity contribution in [2.75, 3.05) is 40.5 Å². The van der Waals surface area contributed by atoms with Gasteiger partial charge in [0.25, 0.3) is 5.91 Å². The number of benzene rings is 2. The maximum Gasteiger partial charge on any atom is 0.253 e. The number of ether oxygens (including phenoxy) is 5. The second-order valence-electron chi connectivity index (χ2n) is 9.95. The highest BCUT2D eigenvalue weighted by molar-refractivity contribution is 5.95. The van der Waals surface area contributed by atoms with Gasteiger partial charge in [0, 0.05) is 38.6 Å². The summed E-state index contributed by atoms with van der Waals surface area (Å²) in [5.41, 5.74) is 1.47. The summed E-state index contributed by atoms with van der Waals surface area (Å²) >= 11 is 0. The molecule has 1 amide bonds. The van der Waals surface area contributed by atoms with Crippen molar-refractivity contribution in [3.8, 4) is 11.5 Å². The van der Waals surface area contributed by atoms with E-state index in [1.165, 1.54) is 5.56 Å². The number of carbonyl (C=O) groups excluding carboxylic acids is 1. The molecule has 0 radical (unpaired) electrons. The fourth-order valence-electron chi connectivity index (χ4n) is 5.21. The summed E-state index contributed by atoms with van der Waals surface area (Å²) in [6.07, 6.45) is 3.30. The first kappa shape index (κ1) is 26.5. The van der Waals surface area contributed by atoms with Crippen molar-refractivity contribution in [3.05, 3.63) is 59.7 Å². The molecule has 2 aromatic rings. The van der Waals surface area contributed by atoms with Crippen LogP contribution in [0.3, 0.4) is 0 Å². The molecule has 2 atom stereocenters. The molecule has 0 unspecified atom stereocenters. The predicted molar refractivity (Wildman–Crippen MR) is 138 cm³/mol. The van der Waals surface area contributed by atoms with Gasteiger partial charge in [0.15, 0.2) is 11.5 Å². The van der Waals surface area contributed by atoms with Crippen LogP contribution in [0.25, 0.3) is 0 Å². The van der Waals surface area contributed by atoms with E-state index in [-0.39, 0.29) is 29.8 Å². The zero-order chi connectivity index (χ0) is 25.5. The van der Waals surface area contributed by atoms with Gasteiger partial charge in [-0.15, -0.1) is 0 Å². The van der Waals surface area contributed by atoms with Gasteiger partial charge in [0.1, 0.15) is 0 Å². The van der Waals surface area contributed by atoms with Crippen LogP contribution in [-0.4, -0.2) is 69.1 Å². The molecule has 0 aromatic heterocycles. The normalized spacial score (nSPS) is 21.5. The molecule has 2 fully saturated rings. The van der Waals surface area contributed by atoms with Gasteiger partial charge in [-0.1, -0.05) is 30.3 Å². The third kappa shape index (κ3) is 6.38. The second-order valence-corrected chi connectivity index (χ2v) is 9.95. The third-order valence-corrected chi connectivity index (χ3v) is 7.02. The molecule has 0 saturated carbocycles. The molecule has 0 aliphatic carbocycles. The first-order valence-electron chi connectivity index (χ1n) is 12.9. The summed E-state index contributed by atoms with van der Waals surface area (Å²) in [4.78, 5) is 15.3. The molecule has 4 rings (SSSR count). The van der Waals surface area contributed by atoms with Crippen LogP contribution in [0.15, 0.2) is 48.5 Å². The molecule has 1 spiro atoms. The molecule has 0 N–H and O–H groups in total. The third-order valence-electron chi connectivity index (χ3n) is 7.02. The Balaban J connectivity index is 1.44. The van der Waals surface area contributed by atoms with E-state index in [4.69, 9.17) is 23.7 Å².